The van der Waals surface area contributed by atoms with Crippen molar-refractivity contribution >= 4 is 10.8 Å². The fraction of sp³-hybridized carbons (Fsp3) is 0.556. The standard InChI is InChI=1S/C9H15N3OS/c1-2-14(13)6-5-11-8-9-7-10-3-4-12-9/h3-4,7,11H,2,5-6,8H2,1H3. The van der Waals surface area contributed by atoms with Gasteiger partial charge in [-0.1, -0.05) is 6.92 Å². The van der Waals surface area contributed by atoms with Crippen molar-refractivity contribution in [1.82, 2.24) is 15.3 Å². The molecule has 0 saturated carbocycles. The molecule has 0 fully saturated rings. The lowest BCUT2D eigenvalue weighted by molar-refractivity contribution is 0.670. The molecule has 1 atom stereocenters. The Morgan fingerprint density at radius 2 is 2.36 bits per heavy atom. The van der Waals surface area contributed by atoms with Gasteiger partial charge in [0.15, 0.2) is 0 Å². The SMILES string of the molecule is CCS(=O)CCNCc1cnccn1. The molecule has 0 aliphatic rings. The highest BCUT2D eigenvalue weighted by atomic mass is 32.2. The van der Waals surface area contributed by atoms with Crippen molar-refractivity contribution in [1.29, 1.82) is 0 Å². The van der Waals surface area contributed by atoms with Gasteiger partial charge in [0, 0.05) is 54.0 Å². The molecule has 0 aliphatic heterocycles. The van der Waals surface area contributed by atoms with Gasteiger partial charge >= 0.3 is 0 Å². The van der Waals surface area contributed by atoms with E-state index in [1.807, 2.05) is 6.92 Å². The van der Waals surface area contributed by atoms with Gasteiger partial charge in [-0.2, -0.15) is 0 Å². The average Bonchev–Trinajstić information content (AvgIpc) is 2.25. The minimum absolute atomic E-state index is 0.683. The van der Waals surface area contributed by atoms with E-state index in [-0.39, 0.29) is 0 Å². The quantitative estimate of drug-likeness (QED) is 0.692. The van der Waals surface area contributed by atoms with E-state index in [4.69, 9.17) is 0 Å². The van der Waals surface area contributed by atoms with Crippen molar-refractivity contribution in [2.45, 2.75) is 13.5 Å². The minimum Gasteiger partial charge on any atom is -0.310 e. The summed E-state index contributed by atoms with van der Waals surface area (Å²) in [4.78, 5) is 8.07. The lowest BCUT2D eigenvalue weighted by atomic mass is 10.4. The number of rotatable bonds is 6. The second-order valence-corrected chi connectivity index (χ2v) is 4.67. The van der Waals surface area contributed by atoms with Crippen molar-refractivity contribution in [3.05, 3.63) is 24.3 Å². The molecule has 1 unspecified atom stereocenters. The first-order valence-corrected chi connectivity index (χ1v) is 6.12. The monoisotopic (exact) mass is 213 g/mol. The molecular formula is C9H15N3OS. The first kappa shape index (κ1) is 11.3. The third-order valence-electron chi connectivity index (χ3n) is 1.75. The Bertz CT molecular complexity index is 279. The highest BCUT2D eigenvalue weighted by Gasteiger charge is 1.96. The van der Waals surface area contributed by atoms with Gasteiger partial charge < -0.3 is 5.32 Å². The largest absolute Gasteiger partial charge is 0.310 e. The van der Waals surface area contributed by atoms with Crippen LogP contribution in [-0.4, -0.2) is 32.2 Å². The Morgan fingerprint density at radius 3 is 3.00 bits per heavy atom. The van der Waals surface area contributed by atoms with Crippen molar-refractivity contribution in [3.8, 4) is 0 Å². The number of hydrogen-bond donors (Lipinski definition) is 1. The molecule has 14 heavy (non-hydrogen) atoms. The van der Waals surface area contributed by atoms with E-state index in [1.165, 1.54) is 0 Å². The maximum Gasteiger partial charge on any atom is 0.0724 e. The number of aromatic nitrogens is 2. The third kappa shape index (κ3) is 4.43. The van der Waals surface area contributed by atoms with E-state index >= 15 is 0 Å². The number of hydrogen-bond acceptors (Lipinski definition) is 4. The molecule has 1 aromatic heterocycles. The van der Waals surface area contributed by atoms with Crippen LogP contribution in [-0.2, 0) is 17.3 Å². The van der Waals surface area contributed by atoms with Gasteiger partial charge in [0.2, 0.25) is 0 Å². The van der Waals surface area contributed by atoms with Crippen LogP contribution in [0.15, 0.2) is 18.6 Å². The van der Waals surface area contributed by atoms with Gasteiger partial charge in [0.1, 0.15) is 0 Å². The van der Waals surface area contributed by atoms with Crippen LogP contribution in [0.5, 0.6) is 0 Å². The van der Waals surface area contributed by atoms with Gasteiger partial charge in [0.05, 0.1) is 5.69 Å². The van der Waals surface area contributed by atoms with Crippen LogP contribution in [0.25, 0.3) is 0 Å². The van der Waals surface area contributed by atoms with Crippen LogP contribution < -0.4 is 5.32 Å². The summed E-state index contributed by atoms with van der Waals surface area (Å²) in [6, 6.07) is 0. The predicted molar refractivity (Wildman–Crippen MR) is 57.3 cm³/mol. The number of nitrogens with zero attached hydrogens (tertiary/aromatic N) is 2. The normalized spacial score (nSPS) is 12.6. The van der Waals surface area contributed by atoms with E-state index < -0.39 is 10.8 Å². The summed E-state index contributed by atoms with van der Waals surface area (Å²) in [5, 5.41) is 3.17. The summed E-state index contributed by atoms with van der Waals surface area (Å²) in [6.07, 6.45) is 5.04. The Hall–Kier alpha value is -0.810. The van der Waals surface area contributed by atoms with E-state index in [0.29, 0.717) is 12.3 Å². The molecule has 0 bridgehead atoms. The minimum atomic E-state index is -0.683. The second-order valence-electron chi connectivity index (χ2n) is 2.81. The van der Waals surface area contributed by atoms with Gasteiger partial charge in [-0.25, -0.2) is 0 Å². The first-order chi connectivity index (χ1) is 6.83. The molecule has 1 N–H and O–H groups in total. The van der Waals surface area contributed by atoms with Crippen LogP contribution >= 0.6 is 0 Å². The number of nitrogens with one attached hydrogen (secondary N) is 1. The zero-order valence-corrected chi connectivity index (χ0v) is 9.09. The van der Waals surface area contributed by atoms with Crippen molar-refractivity contribution in [2.75, 3.05) is 18.1 Å². The van der Waals surface area contributed by atoms with Crippen LogP contribution in [0, 0.1) is 0 Å². The molecule has 4 nitrogen and oxygen atoms in total. The fourth-order valence-electron chi connectivity index (χ4n) is 0.968. The topological polar surface area (TPSA) is 54.9 Å². The van der Waals surface area contributed by atoms with E-state index in [0.717, 1.165) is 18.0 Å². The maximum absolute atomic E-state index is 11.1. The second kappa shape index (κ2) is 6.62. The molecule has 1 rings (SSSR count). The van der Waals surface area contributed by atoms with E-state index in [1.54, 1.807) is 18.6 Å². The third-order valence-corrected chi connectivity index (χ3v) is 3.05. The van der Waals surface area contributed by atoms with Gasteiger partial charge in [0.25, 0.3) is 0 Å². The molecule has 1 heterocycles. The Morgan fingerprint density at radius 1 is 1.50 bits per heavy atom. The first-order valence-electron chi connectivity index (χ1n) is 4.63. The zero-order chi connectivity index (χ0) is 10.2. The molecule has 0 aliphatic carbocycles. The predicted octanol–water partition coefficient (Wildman–Crippen LogP) is 0.335. The summed E-state index contributed by atoms with van der Waals surface area (Å²) in [7, 11) is -0.683. The molecule has 0 amide bonds. The van der Waals surface area contributed by atoms with Crippen LogP contribution in [0.4, 0.5) is 0 Å². The molecule has 1 aromatic rings. The summed E-state index contributed by atoms with van der Waals surface area (Å²) in [5.74, 6) is 1.43. The van der Waals surface area contributed by atoms with Crippen LogP contribution in [0.1, 0.15) is 12.6 Å². The Balaban J connectivity index is 2.13. The maximum atomic E-state index is 11.1. The van der Waals surface area contributed by atoms with E-state index in [2.05, 4.69) is 15.3 Å². The molecule has 78 valence electrons. The van der Waals surface area contributed by atoms with E-state index in [9.17, 15) is 4.21 Å². The van der Waals surface area contributed by atoms with Gasteiger partial charge in [-0.05, 0) is 0 Å². The zero-order valence-electron chi connectivity index (χ0n) is 8.27. The van der Waals surface area contributed by atoms with Crippen LogP contribution in [0.3, 0.4) is 0 Å². The summed E-state index contributed by atoms with van der Waals surface area (Å²) in [6.45, 7) is 3.38. The fourth-order valence-corrected chi connectivity index (χ4v) is 1.63. The molecular weight excluding hydrogens is 198 g/mol. The summed E-state index contributed by atoms with van der Waals surface area (Å²) >= 11 is 0. The Labute approximate surface area is 86.6 Å². The van der Waals surface area contributed by atoms with Crippen molar-refractivity contribution < 1.29 is 4.21 Å². The lowest BCUT2D eigenvalue weighted by Gasteiger charge is -2.02. The Kier molecular flexibility index (Phi) is 5.32. The smallest absolute Gasteiger partial charge is 0.0724 e. The van der Waals surface area contributed by atoms with Crippen molar-refractivity contribution in [3.63, 3.8) is 0 Å². The highest BCUT2D eigenvalue weighted by molar-refractivity contribution is 7.84. The molecule has 0 saturated heterocycles. The van der Waals surface area contributed by atoms with Crippen LogP contribution in [0.2, 0.25) is 0 Å². The van der Waals surface area contributed by atoms with Gasteiger partial charge in [-0.3, -0.25) is 14.2 Å². The molecule has 5 heteroatoms. The summed E-state index contributed by atoms with van der Waals surface area (Å²) in [5.41, 5.74) is 0.912. The highest BCUT2D eigenvalue weighted by Crippen LogP contribution is 1.88. The molecule has 0 aromatic carbocycles. The molecule has 0 spiro atoms. The van der Waals surface area contributed by atoms with Gasteiger partial charge in [-0.15, -0.1) is 0 Å². The van der Waals surface area contributed by atoms with Crippen molar-refractivity contribution in [2.24, 2.45) is 0 Å². The summed E-state index contributed by atoms with van der Waals surface area (Å²) < 4.78 is 11.1. The lowest BCUT2D eigenvalue weighted by Crippen LogP contribution is -2.21. The average molecular weight is 213 g/mol. The molecule has 0 radical (unpaired) electrons.